The molecule has 0 atom stereocenters. The molecule has 6 heteroatoms. The van der Waals surface area contributed by atoms with E-state index in [0.29, 0.717) is 6.42 Å². The standard InChI is InChI=1S/C21H17NO3S2/c23-20(13-25-21(24)10-9-15-11-12-26-14-15)22-16-5-1-3-7-18(16)27-19-8-4-2-6-17(19)22/h1-8,11-12,14H,9-10,13H2. The highest BCUT2D eigenvalue weighted by molar-refractivity contribution is 7.99. The van der Waals surface area contributed by atoms with Crippen molar-refractivity contribution in [2.45, 2.75) is 22.6 Å². The van der Waals surface area contributed by atoms with Gasteiger partial charge in [0.1, 0.15) is 0 Å². The molecule has 2 heterocycles. The summed E-state index contributed by atoms with van der Waals surface area (Å²) in [5.74, 6) is -0.610. The normalized spacial score (nSPS) is 12.2. The van der Waals surface area contributed by atoms with Crippen LogP contribution < -0.4 is 4.90 Å². The Morgan fingerprint density at radius 1 is 0.926 bits per heavy atom. The van der Waals surface area contributed by atoms with Crippen LogP contribution in [0, 0.1) is 0 Å². The van der Waals surface area contributed by atoms with Crippen molar-refractivity contribution in [3.8, 4) is 0 Å². The van der Waals surface area contributed by atoms with Crippen molar-refractivity contribution < 1.29 is 14.3 Å². The number of nitrogens with zero attached hydrogens (tertiary/aromatic N) is 1. The maximum Gasteiger partial charge on any atom is 0.306 e. The zero-order valence-corrected chi connectivity index (χ0v) is 16.1. The van der Waals surface area contributed by atoms with Gasteiger partial charge in [-0.15, -0.1) is 0 Å². The molecule has 0 fully saturated rings. The van der Waals surface area contributed by atoms with Gasteiger partial charge in [-0.3, -0.25) is 14.5 Å². The second-order valence-electron chi connectivity index (χ2n) is 6.06. The first-order valence-corrected chi connectivity index (χ1v) is 10.3. The highest BCUT2D eigenvalue weighted by atomic mass is 32.2. The van der Waals surface area contributed by atoms with Gasteiger partial charge in [0.05, 0.1) is 11.4 Å². The van der Waals surface area contributed by atoms with Crippen molar-refractivity contribution in [3.63, 3.8) is 0 Å². The lowest BCUT2D eigenvalue weighted by atomic mass is 10.2. The highest BCUT2D eigenvalue weighted by Gasteiger charge is 2.28. The van der Waals surface area contributed by atoms with Gasteiger partial charge in [0.15, 0.2) is 6.61 Å². The quantitative estimate of drug-likeness (QED) is 0.567. The van der Waals surface area contributed by atoms with Gasteiger partial charge in [0.2, 0.25) is 0 Å². The third-order valence-corrected chi connectivity index (χ3v) is 6.10. The molecule has 0 bridgehead atoms. The van der Waals surface area contributed by atoms with E-state index in [1.807, 2.05) is 65.4 Å². The van der Waals surface area contributed by atoms with Crippen LogP contribution in [0.4, 0.5) is 11.4 Å². The fourth-order valence-electron chi connectivity index (χ4n) is 2.93. The fraction of sp³-hybridized carbons (Fsp3) is 0.143. The summed E-state index contributed by atoms with van der Waals surface area (Å²) in [7, 11) is 0. The first kappa shape index (κ1) is 17.8. The van der Waals surface area contributed by atoms with E-state index in [1.54, 1.807) is 28.0 Å². The largest absolute Gasteiger partial charge is 0.456 e. The lowest BCUT2D eigenvalue weighted by molar-refractivity contribution is -0.147. The van der Waals surface area contributed by atoms with Crippen LogP contribution in [-0.2, 0) is 20.7 Å². The Morgan fingerprint density at radius 2 is 1.59 bits per heavy atom. The Kier molecular flexibility index (Phi) is 5.27. The van der Waals surface area contributed by atoms with Crippen molar-refractivity contribution >= 4 is 46.3 Å². The molecule has 3 aromatic rings. The Bertz CT molecular complexity index is 924. The molecular formula is C21H17NO3S2. The first-order chi connectivity index (χ1) is 13.2. The van der Waals surface area contributed by atoms with E-state index in [-0.39, 0.29) is 24.9 Å². The van der Waals surface area contributed by atoms with Crippen LogP contribution >= 0.6 is 23.1 Å². The molecule has 1 aliphatic rings. The average molecular weight is 396 g/mol. The number of benzene rings is 2. The molecule has 0 saturated carbocycles. The smallest absolute Gasteiger partial charge is 0.306 e. The summed E-state index contributed by atoms with van der Waals surface area (Å²) in [4.78, 5) is 28.6. The van der Waals surface area contributed by atoms with Gasteiger partial charge in [-0.1, -0.05) is 36.0 Å². The van der Waals surface area contributed by atoms with Gasteiger partial charge in [-0.05, 0) is 53.1 Å². The van der Waals surface area contributed by atoms with Crippen LogP contribution in [0.1, 0.15) is 12.0 Å². The van der Waals surface area contributed by atoms with Crippen molar-refractivity contribution in [1.82, 2.24) is 0 Å². The molecule has 1 amide bonds. The van der Waals surface area contributed by atoms with Crippen LogP contribution in [-0.4, -0.2) is 18.5 Å². The maximum atomic E-state index is 12.9. The van der Waals surface area contributed by atoms with E-state index in [9.17, 15) is 9.59 Å². The number of para-hydroxylation sites is 2. The number of ether oxygens (including phenoxy) is 1. The molecule has 136 valence electrons. The Morgan fingerprint density at radius 3 is 2.22 bits per heavy atom. The monoisotopic (exact) mass is 395 g/mol. The maximum absolute atomic E-state index is 12.9. The first-order valence-electron chi connectivity index (χ1n) is 8.58. The van der Waals surface area contributed by atoms with Crippen molar-refractivity contribution in [2.24, 2.45) is 0 Å². The van der Waals surface area contributed by atoms with Crippen LogP contribution in [0.15, 0.2) is 75.1 Å². The van der Waals surface area contributed by atoms with E-state index >= 15 is 0 Å². The molecule has 1 aliphatic heterocycles. The predicted molar refractivity (Wildman–Crippen MR) is 108 cm³/mol. The van der Waals surface area contributed by atoms with Crippen molar-refractivity contribution in [1.29, 1.82) is 0 Å². The number of carbonyl (C=O) groups excluding carboxylic acids is 2. The number of aryl methyl sites for hydroxylation is 1. The third-order valence-electron chi connectivity index (χ3n) is 4.24. The van der Waals surface area contributed by atoms with E-state index < -0.39 is 0 Å². The molecule has 1 aromatic heterocycles. The zero-order chi connectivity index (χ0) is 18.6. The lowest BCUT2D eigenvalue weighted by Gasteiger charge is -2.30. The average Bonchev–Trinajstić information content (AvgIpc) is 3.22. The number of esters is 1. The van der Waals surface area contributed by atoms with Gasteiger partial charge >= 0.3 is 5.97 Å². The van der Waals surface area contributed by atoms with E-state index in [4.69, 9.17) is 4.74 Å². The summed E-state index contributed by atoms with van der Waals surface area (Å²) in [5.41, 5.74) is 2.75. The van der Waals surface area contributed by atoms with Gasteiger partial charge in [0.25, 0.3) is 5.91 Å². The number of amides is 1. The zero-order valence-electron chi connectivity index (χ0n) is 14.5. The Balaban J connectivity index is 1.46. The van der Waals surface area contributed by atoms with Crippen molar-refractivity contribution in [2.75, 3.05) is 11.5 Å². The second-order valence-corrected chi connectivity index (χ2v) is 7.92. The molecule has 4 rings (SSSR count). The van der Waals surface area contributed by atoms with Crippen LogP contribution in [0.2, 0.25) is 0 Å². The predicted octanol–water partition coefficient (Wildman–Crippen LogP) is 5.05. The summed E-state index contributed by atoms with van der Waals surface area (Å²) in [6, 6.07) is 17.5. The van der Waals surface area contributed by atoms with Gasteiger partial charge in [0, 0.05) is 16.2 Å². The molecular weight excluding hydrogens is 378 g/mol. The summed E-state index contributed by atoms with van der Waals surface area (Å²) in [6.45, 7) is -0.268. The van der Waals surface area contributed by atoms with Gasteiger partial charge in [-0.25, -0.2) is 0 Å². The summed E-state index contributed by atoms with van der Waals surface area (Å²) < 4.78 is 5.25. The van der Waals surface area contributed by atoms with E-state index in [0.717, 1.165) is 26.7 Å². The van der Waals surface area contributed by atoms with Crippen molar-refractivity contribution in [3.05, 3.63) is 70.9 Å². The van der Waals surface area contributed by atoms with Gasteiger partial charge in [-0.2, -0.15) is 11.3 Å². The van der Waals surface area contributed by atoms with E-state index in [2.05, 4.69) is 0 Å². The van der Waals surface area contributed by atoms with Crippen LogP contribution in [0.5, 0.6) is 0 Å². The summed E-state index contributed by atoms with van der Waals surface area (Å²) in [5, 5.41) is 3.99. The molecule has 0 aliphatic carbocycles. The topological polar surface area (TPSA) is 46.6 Å². The van der Waals surface area contributed by atoms with Crippen LogP contribution in [0.25, 0.3) is 0 Å². The molecule has 0 unspecified atom stereocenters. The molecule has 0 spiro atoms. The number of thiophene rings is 1. The fourth-order valence-corrected chi connectivity index (χ4v) is 4.69. The number of fused-ring (bicyclic) bond motifs is 2. The second kappa shape index (κ2) is 7.98. The molecule has 0 N–H and O–H groups in total. The third kappa shape index (κ3) is 3.91. The molecule has 2 aromatic carbocycles. The summed E-state index contributed by atoms with van der Waals surface area (Å²) in [6.07, 6.45) is 0.898. The van der Waals surface area contributed by atoms with Crippen LogP contribution in [0.3, 0.4) is 0 Å². The number of rotatable bonds is 5. The SMILES string of the molecule is O=C(CCc1ccsc1)OCC(=O)N1c2ccccc2Sc2ccccc21. The Labute approximate surface area is 165 Å². The minimum atomic E-state index is -0.359. The molecule has 0 saturated heterocycles. The number of carbonyl (C=O) groups is 2. The lowest BCUT2D eigenvalue weighted by Crippen LogP contribution is -2.32. The molecule has 4 nitrogen and oxygen atoms in total. The summed E-state index contributed by atoms with van der Waals surface area (Å²) >= 11 is 3.23. The number of hydrogen-bond acceptors (Lipinski definition) is 5. The molecule has 27 heavy (non-hydrogen) atoms. The Hall–Kier alpha value is -2.57. The molecule has 0 radical (unpaired) electrons. The number of hydrogen-bond donors (Lipinski definition) is 0. The van der Waals surface area contributed by atoms with Gasteiger partial charge < -0.3 is 4.74 Å². The highest BCUT2D eigenvalue weighted by Crippen LogP contribution is 2.47. The minimum absolute atomic E-state index is 0.251. The minimum Gasteiger partial charge on any atom is -0.456 e. The number of anilines is 2. The van der Waals surface area contributed by atoms with E-state index in [1.165, 1.54) is 0 Å².